The lowest BCUT2D eigenvalue weighted by molar-refractivity contribution is -0.117. The summed E-state index contributed by atoms with van der Waals surface area (Å²) in [7, 11) is -1.48. The number of hydrogen-bond donors (Lipinski definition) is 2. The number of hydroxylamine groups is 1. The van der Waals surface area contributed by atoms with Crippen molar-refractivity contribution in [2.75, 3.05) is 0 Å². The van der Waals surface area contributed by atoms with Crippen LogP contribution in [-0.4, -0.2) is 16.0 Å². The highest BCUT2D eigenvalue weighted by molar-refractivity contribution is 7.82. The molecule has 1 aliphatic rings. The zero-order chi connectivity index (χ0) is 16.0. The van der Waals surface area contributed by atoms with Gasteiger partial charge in [-0.05, 0) is 31.5 Å². The normalized spacial score (nSPS) is 18.6. The third-order valence-electron chi connectivity index (χ3n) is 2.90. The molecule has 2 unspecified atom stereocenters. The molecular weight excluding hydrogens is 288 g/mol. The number of nitrogens with one attached hydrogen (secondary N) is 1. The summed E-state index contributed by atoms with van der Waals surface area (Å²) in [5.74, 6) is 0.685. The van der Waals surface area contributed by atoms with Crippen LogP contribution in [0.15, 0.2) is 34.9 Å². The molecule has 0 amide bonds. The first-order chi connectivity index (χ1) is 9.99. The second kappa shape index (κ2) is 8.07. The van der Waals surface area contributed by atoms with Gasteiger partial charge in [-0.15, -0.1) is 5.48 Å². The Kier molecular flexibility index (Phi) is 6.74. The molecule has 6 heteroatoms. The SMILES string of the molecule is CC.CC(=O)CC1=C(c2ccc(S(N)=O)cc2)C(C)NO1. The first kappa shape index (κ1) is 17.6. The van der Waals surface area contributed by atoms with E-state index in [1.54, 1.807) is 12.1 Å². The third kappa shape index (κ3) is 4.49. The molecule has 116 valence electrons. The Balaban J connectivity index is 0.00000106. The summed E-state index contributed by atoms with van der Waals surface area (Å²) in [6.45, 7) is 7.48. The summed E-state index contributed by atoms with van der Waals surface area (Å²) in [4.78, 5) is 17.1. The van der Waals surface area contributed by atoms with Gasteiger partial charge in [-0.1, -0.05) is 26.0 Å². The van der Waals surface area contributed by atoms with Gasteiger partial charge in [0.1, 0.15) is 22.5 Å². The Labute approximate surface area is 128 Å². The van der Waals surface area contributed by atoms with Crippen molar-refractivity contribution in [1.29, 1.82) is 0 Å². The number of benzene rings is 1. The number of nitrogens with two attached hydrogens (primary N) is 1. The Bertz CT molecular complexity index is 553. The molecule has 0 aromatic heterocycles. The van der Waals surface area contributed by atoms with Crippen molar-refractivity contribution < 1.29 is 13.8 Å². The van der Waals surface area contributed by atoms with Crippen LogP contribution in [0.3, 0.4) is 0 Å². The zero-order valence-corrected chi connectivity index (χ0v) is 13.6. The number of carbonyl (C=O) groups is 1. The van der Waals surface area contributed by atoms with Gasteiger partial charge in [0.15, 0.2) is 0 Å². The number of rotatable bonds is 4. The standard InChI is InChI=1S/C13H16N2O3S.C2H6/c1-8(16)7-12-13(9(2)15-18-12)10-3-5-11(6-4-10)19(14)17;1-2/h3-6,9,15H,7,14H2,1-2H3;1-2H3. The minimum Gasteiger partial charge on any atom is -0.412 e. The minimum atomic E-state index is -1.48. The van der Waals surface area contributed by atoms with E-state index in [9.17, 15) is 9.00 Å². The van der Waals surface area contributed by atoms with Crippen LogP contribution < -0.4 is 10.6 Å². The van der Waals surface area contributed by atoms with Gasteiger partial charge in [0.25, 0.3) is 0 Å². The molecule has 0 saturated carbocycles. The molecule has 2 atom stereocenters. The van der Waals surface area contributed by atoms with Crippen LogP contribution in [0, 0.1) is 0 Å². The van der Waals surface area contributed by atoms with E-state index in [0.717, 1.165) is 11.1 Å². The largest absolute Gasteiger partial charge is 0.412 e. The quantitative estimate of drug-likeness (QED) is 0.894. The maximum absolute atomic E-state index is 11.2. The monoisotopic (exact) mass is 310 g/mol. The van der Waals surface area contributed by atoms with Gasteiger partial charge in [0, 0.05) is 5.57 Å². The topological polar surface area (TPSA) is 81.4 Å². The number of hydrogen-bond acceptors (Lipinski definition) is 4. The van der Waals surface area contributed by atoms with Gasteiger partial charge >= 0.3 is 0 Å². The van der Waals surface area contributed by atoms with Crippen molar-refractivity contribution >= 4 is 22.3 Å². The molecule has 3 N–H and O–H groups in total. The number of carbonyl (C=O) groups excluding carboxylic acids is 1. The van der Waals surface area contributed by atoms with Crippen LogP contribution in [0.5, 0.6) is 0 Å². The van der Waals surface area contributed by atoms with E-state index < -0.39 is 11.0 Å². The van der Waals surface area contributed by atoms with Crippen molar-refractivity contribution in [2.45, 2.75) is 45.1 Å². The van der Waals surface area contributed by atoms with Crippen molar-refractivity contribution in [3.05, 3.63) is 35.6 Å². The molecule has 5 nitrogen and oxygen atoms in total. The van der Waals surface area contributed by atoms with Gasteiger partial charge in [0.2, 0.25) is 0 Å². The molecule has 1 aliphatic heterocycles. The molecule has 0 aliphatic carbocycles. The number of allylic oxidation sites excluding steroid dienone is 1. The Morgan fingerprint density at radius 3 is 2.38 bits per heavy atom. The van der Waals surface area contributed by atoms with Crippen molar-refractivity contribution in [3.8, 4) is 0 Å². The molecule has 0 saturated heterocycles. The first-order valence-electron chi connectivity index (χ1n) is 6.90. The lowest BCUT2D eigenvalue weighted by Crippen LogP contribution is -2.19. The van der Waals surface area contributed by atoms with E-state index in [4.69, 9.17) is 9.98 Å². The van der Waals surface area contributed by atoms with Gasteiger partial charge in [0.05, 0.1) is 17.4 Å². The van der Waals surface area contributed by atoms with Crippen molar-refractivity contribution in [2.24, 2.45) is 5.14 Å². The summed E-state index contributed by atoms with van der Waals surface area (Å²) in [5, 5.41) is 5.32. The lowest BCUT2D eigenvalue weighted by atomic mass is 9.98. The first-order valence-corrected chi connectivity index (χ1v) is 8.12. The lowest BCUT2D eigenvalue weighted by Gasteiger charge is -2.08. The van der Waals surface area contributed by atoms with E-state index >= 15 is 0 Å². The fourth-order valence-electron chi connectivity index (χ4n) is 2.05. The molecule has 0 spiro atoms. The minimum absolute atomic E-state index is 0.00331. The molecule has 0 radical (unpaired) electrons. The predicted octanol–water partition coefficient (Wildman–Crippen LogP) is 2.31. The summed E-state index contributed by atoms with van der Waals surface area (Å²) < 4.78 is 11.1. The maximum atomic E-state index is 11.2. The molecule has 1 aromatic carbocycles. The highest BCUT2D eigenvalue weighted by atomic mass is 32.2. The average Bonchev–Trinajstić information content (AvgIpc) is 2.81. The van der Waals surface area contributed by atoms with Crippen LogP contribution in [0.1, 0.15) is 39.7 Å². The van der Waals surface area contributed by atoms with Crippen LogP contribution in [0.2, 0.25) is 0 Å². The molecule has 1 aromatic rings. The molecule has 0 bridgehead atoms. The number of Topliss-reactive ketones (excluding diaryl/α,β-unsaturated/α-hetero) is 1. The van der Waals surface area contributed by atoms with Crippen LogP contribution in [-0.2, 0) is 20.6 Å². The van der Waals surface area contributed by atoms with Crippen LogP contribution in [0.4, 0.5) is 0 Å². The van der Waals surface area contributed by atoms with Crippen LogP contribution >= 0.6 is 0 Å². The van der Waals surface area contributed by atoms with Crippen molar-refractivity contribution in [3.63, 3.8) is 0 Å². The van der Waals surface area contributed by atoms with Gasteiger partial charge in [-0.3, -0.25) is 4.79 Å². The van der Waals surface area contributed by atoms with E-state index in [0.29, 0.717) is 10.7 Å². The maximum Gasteiger partial charge on any atom is 0.137 e. The van der Waals surface area contributed by atoms with E-state index in [1.165, 1.54) is 6.92 Å². The summed E-state index contributed by atoms with van der Waals surface area (Å²) in [5.41, 5.74) is 4.73. The molecule has 0 fully saturated rings. The fraction of sp³-hybridized carbons (Fsp3) is 0.400. The smallest absolute Gasteiger partial charge is 0.137 e. The van der Waals surface area contributed by atoms with E-state index in [1.807, 2.05) is 32.9 Å². The summed E-state index contributed by atoms with van der Waals surface area (Å²) in [6, 6.07) is 7.11. The molecule has 21 heavy (non-hydrogen) atoms. The third-order valence-corrected chi connectivity index (χ3v) is 3.64. The highest BCUT2D eigenvalue weighted by Crippen LogP contribution is 2.30. The Hall–Kier alpha value is -1.50. The Morgan fingerprint density at radius 2 is 1.90 bits per heavy atom. The average molecular weight is 310 g/mol. The fourth-order valence-corrected chi connectivity index (χ4v) is 2.46. The van der Waals surface area contributed by atoms with Crippen molar-refractivity contribution in [1.82, 2.24) is 5.48 Å². The van der Waals surface area contributed by atoms with Gasteiger partial charge < -0.3 is 4.84 Å². The van der Waals surface area contributed by atoms with Gasteiger partial charge in [-0.2, -0.15) is 0 Å². The molecular formula is C15H22N2O3S. The number of ketones is 1. The van der Waals surface area contributed by atoms with E-state index in [2.05, 4.69) is 5.48 Å². The zero-order valence-electron chi connectivity index (χ0n) is 12.8. The molecule has 2 rings (SSSR count). The van der Waals surface area contributed by atoms with Gasteiger partial charge in [-0.25, -0.2) is 9.35 Å². The molecule has 1 heterocycles. The Morgan fingerprint density at radius 1 is 1.33 bits per heavy atom. The second-order valence-electron chi connectivity index (χ2n) is 4.48. The summed E-state index contributed by atoms with van der Waals surface area (Å²) in [6.07, 6.45) is 0.261. The predicted molar refractivity (Wildman–Crippen MR) is 84.3 cm³/mol. The second-order valence-corrected chi connectivity index (χ2v) is 5.55. The van der Waals surface area contributed by atoms with Crippen LogP contribution in [0.25, 0.3) is 5.57 Å². The highest BCUT2D eigenvalue weighted by Gasteiger charge is 2.25. The van der Waals surface area contributed by atoms with E-state index in [-0.39, 0.29) is 18.2 Å². The summed E-state index contributed by atoms with van der Waals surface area (Å²) >= 11 is 0.